The summed E-state index contributed by atoms with van der Waals surface area (Å²) in [6, 6.07) is 10.1. The van der Waals surface area contributed by atoms with Crippen LogP contribution in [0.5, 0.6) is 0 Å². The van der Waals surface area contributed by atoms with Gasteiger partial charge in [0.2, 0.25) is 0 Å². The van der Waals surface area contributed by atoms with Crippen LogP contribution in [0.3, 0.4) is 0 Å². The predicted octanol–water partition coefficient (Wildman–Crippen LogP) is 0.467. The van der Waals surface area contributed by atoms with Crippen LogP contribution in [0.2, 0.25) is 0 Å². The average Bonchev–Trinajstić information content (AvgIpc) is 2.05. The minimum Gasteiger partial charge on any atom is -0.760 e. The van der Waals surface area contributed by atoms with Crippen LogP contribution >= 0.6 is 0 Å². The summed E-state index contributed by atoms with van der Waals surface area (Å²) in [6.07, 6.45) is 0. The van der Waals surface area contributed by atoms with Crippen molar-refractivity contribution in [1.29, 1.82) is 0 Å². The highest BCUT2D eigenvalue weighted by atomic mass is 32.2. The molecule has 1 rings (SSSR count). The Labute approximate surface area is 74.2 Å². The van der Waals surface area contributed by atoms with Gasteiger partial charge in [0, 0.05) is 24.0 Å². The van der Waals surface area contributed by atoms with E-state index in [1.165, 1.54) is 0 Å². The van der Waals surface area contributed by atoms with Crippen LogP contribution in [0.15, 0.2) is 30.3 Å². The summed E-state index contributed by atoms with van der Waals surface area (Å²) in [4.78, 5) is 0. The van der Waals surface area contributed by atoms with E-state index in [0.29, 0.717) is 0 Å². The number of rotatable bonds is 1. The topological polar surface area (TPSA) is 78.2 Å². The Bertz CT molecular complexity index is 224. The van der Waals surface area contributed by atoms with Crippen LogP contribution in [-0.4, -0.2) is 15.8 Å². The van der Waals surface area contributed by atoms with Crippen molar-refractivity contribution in [2.24, 2.45) is 5.14 Å². The molecule has 4 nitrogen and oxygen atoms in total. The molecule has 68 valence electrons. The smallest absolute Gasteiger partial charge is 0.0337 e. The third-order valence-electron chi connectivity index (χ3n) is 1.06. The van der Waals surface area contributed by atoms with E-state index in [1.807, 2.05) is 37.4 Å². The number of para-hydroxylation sites is 1. The van der Waals surface area contributed by atoms with Crippen LogP contribution in [-0.2, 0) is 11.3 Å². The molecule has 1 atom stereocenters. The third-order valence-corrected chi connectivity index (χ3v) is 1.06. The van der Waals surface area contributed by atoms with E-state index in [2.05, 4.69) is 10.5 Å². The minimum absolute atomic E-state index is 1.16. The molecule has 0 radical (unpaired) electrons. The quantitative estimate of drug-likeness (QED) is 0.627. The van der Waals surface area contributed by atoms with Gasteiger partial charge in [0.1, 0.15) is 0 Å². The maximum atomic E-state index is 8.78. The molecule has 0 amide bonds. The number of anilines is 1. The Balaban J connectivity index is 0.000000261. The second kappa shape index (κ2) is 6.78. The summed E-state index contributed by atoms with van der Waals surface area (Å²) in [6.45, 7) is 0. The molecule has 0 bridgehead atoms. The average molecular weight is 187 g/mol. The summed E-state index contributed by atoms with van der Waals surface area (Å²) < 4.78 is 17.6. The second-order valence-electron chi connectivity index (χ2n) is 1.88. The first-order valence-electron chi connectivity index (χ1n) is 3.23. The molecule has 0 aliphatic rings. The van der Waals surface area contributed by atoms with Crippen LogP contribution < -0.4 is 10.5 Å². The van der Waals surface area contributed by atoms with Gasteiger partial charge in [-0.2, -0.15) is 0 Å². The first-order chi connectivity index (χ1) is 5.66. The zero-order chi connectivity index (χ0) is 9.40. The van der Waals surface area contributed by atoms with Crippen molar-refractivity contribution < 1.29 is 8.76 Å². The van der Waals surface area contributed by atoms with Gasteiger partial charge >= 0.3 is 0 Å². The number of hydrogen-bond donors (Lipinski definition) is 2. The highest BCUT2D eigenvalue weighted by Gasteiger charge is 1.77. The summed E-state index contributed by atoms with van der Waals surface area (Å²) in [5.74, 6) is 0. The molecular formula is C7H11N2O2S-. The SMILES string of the molecule is CNc1ccccc1.NS(=O)[O-]. The molecule has 1 aromatic rings. The van der Waals surface area contributed by atoms with Gasteiger partial charge in [-0.05, 0) is 12.1 Å². The normalized spacial score (nSPS) is 10.9. The lowest BCUT2D eigenvalue weighted by molar-refractivity contribution is 0.539. The van der Waals surface area contributed by atoms with Gasteiger partial charge < -0.3 is 9.87 Å². The molecular weight excluding hydrogens is 176 g/mol. The summed E-state index contributed by atoms with van der Waals surface area (Å²) in [5.41, 5.74) is 1.16. The van der Waals surface area contributed by atoms with Gasteiger partial charge in [-0.3, -0.25) is 9.35 Å². The Morgan fingerprint density at radius 1 is 1.42 bits per heavy atom. The molecule has 0 saturated carbocycles. The van der Waals surface area contributed by atoms with Gasteiger partial charge in [-0.15, -0.1) is 0 Å². The zero-order valence-electron chi connectivity index (χ0n) is 6.69. The molecule has 0 fully saturated rings. The van der Waals surface area contributed by atoms with Crippen molar-refractivity contribution in [3.63, 3.8) is 0 Å². The predicted molar refractivity (Wildman–Crippen MR) is 49.1 cm³/mol. The van der Waals surface area contributed by atoms with Crippen molar-refractivity contribution in [3.8, 4) is 0 Å². The number of benzene rings is 1. The van der Waals surface area contributed by atoms with Crippen LogP contribution in [0.1, 0.15) is 0 Å². The van der Waals surface area contributed by atoms with E-state index in [4.69, 9.17) is 8.76 Å². The Hall–Kier alpha value is -0.910. The minimum atomic E-state index is -2.36. The summed E-state index contributed by atoms with van der Waals surface area (Å²) in [7, 11) is 1.91. The van der Waals surface area contributed by atoms with Crippen molar-refractivity contribution in [2.45, 2.75) is 0 Å². The van der Waals surface area contributed by atoms with E-state index in [1.54, 1.807) is 0 Å². The number of nitrogens with one attached hydrogen (secondary N) is 1. The number of nitrogens with two attached hydrogens (primary N) is 1. The Morgan fingerprint density at radius 2 is 1.83 bits per heavy atom. The lowest BCUT2D eigenvalue weighted by Gasteiger charge is -1.94. The largest absolute Gasteiger partial charge is 0.760 e. The maximum absolute atomic E-state index is 8.78. The molecule has 12 heavy (non-hydrogen) atoms. The molecule has 0 aromatic heterocycles. The molecule has 0 aliphatic carbocycles. The standard InChI is InChI=1S/C7H9N.H3NO2S/c1-8-7-5-3-2-4-6-7;1-4(2)3/h2-6,8H,1H3;1H2,(H,2,3)/p-1. The monoisotopic (exact) mass is 187 g/mol. The van der Waals surface area contributed by atoms with Crippen molar-refractivity contribution >= 4 is 17.0 Å². The van der Waals surface area contributed by atoms with Crippen molar-refractivity contribution in [3.05, 3.63) is 30.3 Å². The highest BCUT2D eigenvalue weighted by Crippen LogP contribution is 2.01. The molecule has 0 aliphatic heterocycles. The van der Waals surface area contributed by atoms with Gasteiger partial charge in [-0.25, -0.2) is 0 Å². The molecule has 0 spiro atoms. The molecule has 0 saturated heterocycles. The Kier molecular flexibility index (Phi) is 6.26. The molecule has 1 aromatic carbocycles. The highest BCUT2D eigenvalue weighted by molar-refractivity contribution is 7.76. The van der Waals surface area contributed by atoms with Gasteiger partial charge in [0.25, 0.3) is 0 Å². The lowest BCUT2D eigenvalue weighted by atomic mass is 10.3. The molecule has 0 heterocycles. The summed E-state index contributed by atoms with van der Waals surface area (Å²) in [5, 5.41) is 7.05. The fraction of sp³-hybridized carbons (Fsp3) is 0.143. The third kappa shape index (κ3) is 7.20. The van der Waals surface area contributed by atoms with Crippen LogP contribution in [0.25, 0.3) is 0 Å². The summed E-state index contributed by atoms with van der Waals surface area (Å²) >= 11 is -2.36. The van der Waals surface area contributed by atoms with E-state index in [-0.39, 0.29) is 0 Å². The van der Waals surface area contributed by atoms with E-state index < -0.39 is 11.3 Å². The van der Waals surface area contributed by atoms with E-state index >= 15 is 0 Å². The first-order valence-corrected chi connectivity index (χ1v) is 4.37. The van der Waals surface area contributed by atoms with Crippen molar-refractivity contribution in [1.82, 2.24) is 0 Å². The molecule has 1 unspecified atom stereocenters. The lowest BCUT2D eigenvalue weighted by Crippen LogP contribution is -1.97. The van der Waals surface area contributed by atoms with Crippen LogP contribution in [0, 0.1) is 0 Å². The second-order valence-corrected chi connectivity index (χ2v) is 2.40. The van der Waals surface area contributed by atoms with E-state index in [9.17, 15) is 0 Å². The Morgan fingerprint density at radius 3 is 2.08 bits per heavy atom. The number of hydrogen-bond acceptors (Lipinski definition) is 3. The molecule has 3 N–H and O–H groups in total. The van der Waals surface area contributed by atoms with Crippen LogP contribution in [0.4, 0.5) is 5.69 Å². The van der Waals surface area contributed by atoms with Gasteiger partial charge in [0.05, 0.1) is 0 Å². The van der Waals surface area contributed by atoms with Crippen molar-refractivity contribution in [2.75, 3.05) is 12.4 Å². The fourth-order valence-electron chi connectivity index (χ4n) is 0.605. The maximum Gasteiger partial charge on any atom is 0.0337 e. The van der Waals surface area contributed by atoms with E-state index in [0.717, 1.165) is 5.69 Å². The first kappa shape index (κ1) is 11.1. The van der Waals surface area contributed by atoms with Gasteiger partial charge in [-0.1, -0.05) is 18.2 Å². The van der Waals surface area contributed by atoms with Gasteiger partial charge in [0.15, 0.2) is 0 Å². The fourth-order valence-corrected chi connectivity index (χ4v) is 0.605. The zero-order valence-corrected chi connectivity index (χ0v) is 7.51. The molecule has 5 heteroatoms.